The van der Waals surface area contributed by atoms with Gasteiger partial charge in [0.25, 0.3) is 0 Å². The fourth-order valence-corrected chi connectivity index (χ4v) is 2.37. The van der Waals surface area contributed by atoms with E-state index < -0.39 is 24.0 Å². The minimum absolute atomic E-state index is 0.0923. The van der Waals surface area contributed by atoms with Crippen molar-refractivity contribution in [3.63, 3.8) is 0 Å². The largest absolute Gasteiger partial charge is 0.494 e. The van der Waals surface area contributed by atoms with Crippen molar-refractivity contribution in [2.75, 3.05) is 7.11 Å². The first kappa shape index (κ1) is 18.3. The maximum atomic E-state index is 12.4. The molecule has 1 aromatic rings. The van der Waals surface area contributed by atoms with Gasteiger partial charge in [0.05, 0.1) is 7.11 Å². The second-order valence-electron chi connectivity index (χ2n) is 5.66. The number of aliphatic hydroxyl groups is 1. The van der Waals surface area contributed by atoms with Crippen molar-refractivity contribution in [3.8, 4) is 0 Å². The number of ether oxygens (including phenoxy) is 1. The Bertz CT molecular complexity index is 693. The van der Waals surface area contributed by atoms with Crippen molar-refractivity contribution in [1.82, 2.24) is 10.6 Å². The SMILES string of the molecule is COC(=O)[C@H](Cc1ccccc1)NC(=O)[C@H](C)NC(O)=C1C=CC=C1. The van der Waals surface area contributed by atoms with E-state index in [9.17, 15) is 14.7 Å². The zero-order valence-electron chi connectivity index (χ0n) is 14.2. The van der Waals surface area contributed by atoms with Crippen LogP contribution in [0, 0.1) is 0 Å². The Hall–Kier alpha value is -3.02. The third-order valence-electron chi connectivity index (χ3n) is 3.77. The molecule has 0 radical (unpaired) electrons. The van der Waals surface area contributed by atoms with Gasteiger partial charge in [-0.25, -0.2) is 4.79 Å². The van der Waals surface area contributed by atoms with Gasteiger partial charge < -0.3 is 20.5 Å². The van der Waals surface area contributed by atoms with Gasteiger partial charge in [-0.3, -0.25) is 4.79 Å². The Morgan fingerprint density at radius 2 is 1.76 bits per heavy atom. The summed E-state index contributed by atoms with van der Waals surface area (Å²) in [7, 11) is 1.28. The average Bonchev–Trinajstić information content (AvgIpc) is 3.16. The Kier molecular flexibility index (Phi) is 6.39. The maximum absolute atomic E-state index is 12.4. The van der Waals surface area contributed by atoms with Gasteiger partial charge in [-0.05, 0) is 24.6 Å². The number of hydrogen-bond donors (Lipinski definition) is 3. The molecule has 1 aliphatic carbocycles. The van der Waals surface area contributed by atoms with Crippen LogP contribution in [0.3, 0.4) is 0 Å². The summed E-state index contributed by atoms with van der Waals surface area (Å²) < 4.78 is 4.78. The zero-order chi connectivity index (χ0) is 18.2. The minimum atomic E-state index is -0.801. The summed E-state index contributed by atoms with van der Waals surface area (Å²) in [4.78, 5) is 24.3. The van der Waals surface area contributed by atoms with Gasteiger partial charge in [-0.2, -0.15) is 0 Å². The smallest absolute Gasteiger partial charge is 0.328 e. The van der Waals surface area contributed by atoms with E-state index in [4.69, 9.17) is 4.74 Å². The van der Waals surface area contributed by atoms with Crippen molar-refractivity contribution in [1.29, 1.82) is 0 Å². The van der Waals surface area contributed by atoms with Crippen molar-refractivity contribution < 1.29 is 19.4 Å². The third-order valence-corrected chi connectivity index (χ3v) is 3.77. The zero-order valence-corrected chi connectivity index (χ0v) is 14.2. The van der Waals surface area contributed by atoms with Crippen LogP contribution in [0.25, 0.3) is 0 Å². The van der Waals surface area contributed by atoms with E-state index in [1.807, 2.05) is 30.3 Å². The number of benzene rings is 1. The van der Waals surface area contributed by atoms with Gasteiger partial charge in [0.1, 0.15) is 12.1 Å². The summed E-state index contributed by atoms with van der Waals surface area (Å²) in [5.41, 5.74) is 1.50. The van der Waals surface area contributed by atoms with E-state index in [2.05, 4.69) is 10.6 Å². The average molecular weight is 342 g/mol. The molecule has 0 saturated carbocycles. The number of esters is 1. The van der Waals surface area contributed by atoms with Crippen molar-refractivity contribution >= 4 is 11.9 Å². The summed E-state index contributed by atoms with van der Waals surface area (Å²) in [5.74, 6) is -1.02. The summed E-state index contributed by atoms with van der Waals surface area (Å²) in [6.07, 6.45) is 7.33. The van der Waals surface area contributed by atoms with Gasteiger partial charge in [0.15, 0.2) is 5.88 Å². The second-order valence-corrected chi connectivity index (χ2v) is 5.66. The van der Waals surface area contributed by atoms with E-state index >= 15 is 0 Å². The normalized spacial score (nSPS) is 14.7. The lowest BCUT2D eigenvalue weighted by Gasteiger charge is -2.20. The highest BCUT2D eigenvalue weighted by Gasteiger charge is 2.25. The van der Waals surface area contributed by atoms with Crippen LogP contribution < -0.4 is 10.6 Å². The van der Waals surface area contributed by atoms with E-state index in [0.717, 1.165) is 5.56 Å². The summed E-state index contributed by atoms with van der Waals surface area (Å²) >= 11 is 0. The summed E-state index contributed by atoms with van der Waals surface area (Å²) in [6.45, 7) is 1.60. The lowest BCUT2D eigenvalue weighted by Crippen LogP contribution is -2.50. The number of amides is 1. The van der Waals surface area contributed by atoms with Crippen LogP contribution in [0.4, 0.5) is 0 Å². The minimum Gasteiger partial charge on any atom is -0.494 e. The molecule has 25 heavy (non-hydrogen) atoms. The third kappa shape index (κ3) is 5.24. The molecule has 1 amide bonds. The number of allylic oxidation sites excluding steroid dienone is 5. The Morgan fingerprint density at radius 3 is 2.36 bits per heavy atom. The topological polar surface area (TPSA) is 87.7 Å². The van der Waals surface area contributed by atoms with Gasteiger partial charge in [0, 0.05) is 12.0 Å². The molecule has 0 unspecified atom stereocenters. The summed E-state index contributed by atoms with van der Waals surface area (Å²) in [5, 5.41) is 15.4. The second kappa shape index (κ2) is 8.73. The van der Waals surface area contributed by atoms with Crippen molar-refractivity contribution in [2.45, 2.75) is 25.4 Å². The van der Waals surface area contributed by atoms with Crippen LogP contribution in [0.1, 0.15) is 12.5 Å². The molecule has 2 atom stereocenters. The van der Waals surface area contributed by atoms with Crippen LogP contribution in [0.15, 0.2) is 66.1 Å². The predicted molar refractivity (Wildman–Crippen MR) is 94.6 cm³/mol. The fraction of sp³-hybridized carbons (Fsp3) is 0.263. The molecular weight excluding hydrogens is 320 g/mol. The molecule has 3 N–H and O–H groups in total. The Morgan fingerprint density at radius 1 is 1.12 bits per heavy atom. The molecule has 1 aliphatic rings. The molecule has 2 rings (SSSR count). The molecule has 0 bridgehead atoms. The first-order valence-electron chi connectivity index (χ1n) is 7.98. The van der Waals surface area contributed by atoms with E-state index in [1.54, 1.807) is 31.2 Å². The van der Waals surface area contributed by atoms with Gasteiger partial charge in [-0.1, -0.05) is 42.5 Å². The molecule has 0 heterocycles. The number of carbonyl (C=O) groups excluding carboxylic acids is 2. The highest BCUT2D eigenvalue weighted by molar-refractivity contribution is 5.87. The van der Waals surface area contributed by atoms with Crippen LogP contribution in [0.2, 0.25) is 0 Å². The van der Waals surface area contributed by atoms with Gasteiger partial charge in [0.2, 0.25) is 5.91 Å². The molecule has 132 valence electrons. The molecule has 0 spiro atoms. The van der Waals surface area contributed by atoms with Crippen LogP contribution >= 0.6 is 0 Å². The number of rotatable bonds is 7. The lowest BCUT2D eigenvalue weighted by molar-refractivity contribution is -0.145. The van der Waals surface area contributed by atoms with E-state index in [0.29, 0.717) is 12.0 Å². The number of aliphatic hydroxyl groups excluding tert-OH is 1. The molecule has 0 saturated heterocycles. The molecular formula is C19H22N2O4. The monoisotopic (exact) mass is 342 g/mol. The summed E-state index contributed by atoms with van der Waals surface area (Å²) in [6, 6.07) is 7.83. The van der Waals surface area contributed by atoms with Crippen LogP contribution in [-0.2, 0) is 20.7 Å². The first-order valence-corrected chi connectivity index (χ1v) is 7.98. The molecule has 0 aliphatic heterocycles. The number of hydrogen-bond acceptors (Lipinski definition) is 5. The fourth-order valence-electron chi connectivity index (χ4n) is 2.37. The van der Waals surface area contributed by atoms with Gasteiger partial charge in [-0.15, -0.1) is 0 Å². The highest BCUT2D eigenvalue weighted by Crippen LogP contribution is 2.10. The van der Waals surface area contributed by atoms with Crippen molar-refractivity contribution in [2.24, 2.45) is 0 Å². The standard InChI is InChI=1S/C19H22N2O4/c1-13(20-18(23)15-10-6-7-11-15)17(22)21-16(19(24)25-2)12-14-8-4-3-5-9-14/h3-11,13,16,20,23H,12H2,1-2H3,(H,21,22)/t13-,16-/m0/s1. The van der Waals surface area contributed by atoms with Crippen LogP contribution in [-0.4, -0.2) is 36.2 Å². The molecule has 6 nitrogen and oxygen atoms in total. The highest BCUT2D eigenvalue weighted by atomic mass is 16.5. The Balaban J connectivity index is 2.00. The number of carbonyl (C=O) groups is 2. The molecule has 6 heteroatoms. The predicted octanol–water partition coefficient (Wildman–Crippen LogP) is 1.76. The first-order chi connectivity index (χ1) is 12.0. The van der Waals surface area contributed by atoms with Gasteiger partial charge >= 0.3 is 5.97 Å². The molecule has 1 aromatic carbocycles. The number of methoxy groups -OCH3 is 1. The van der Waals surface area contributed by atoms with Crippen LogP contribution in [0.5, 0.6) is 0 Å². The lowest BCUT2D eigenvalue weighted by atomic mass is 10.1. The van der Waals surface area contributed by atoms with E-state index in [1.165, 1.54) is 7.11 Å². The Labute approximate surface area is 146 Å². The van der Waals surface area contributed by atoms with E-state index in [-0.39, 0.29) is 5.88 Å². The van der Waals surface area contributed by atoms with Crippen molar-refractivity contribution in [3.05, 3.63) is 71.7 Å². The quantitative estimate of drug-likeness (QED) is 0.519. The maximum Gasteiger partial charge on any atom is 0.328 e. The molecule has 0 fully saturated rings. The molecule has 0 aromatic heterocycles. The number of nitrogens with one attached hydrogen (secondary N) is 2.